The number of halogens is 3. The largest absolute Gasteiger partial charge is 0.466 e. The molecule has 1 unspecified atom stereocenters. The normalized spacial score (nSPS) is 14.0. The molecule has 3 rings (SSSR count). The van der Waals surface area contributed by atoms with E-state index >= 15 is 0 Å². The summed E-state index contributed by atoms with van der Waals surface area (Å²) < 4.78 is 48.1. The molecule has 2 nitrogen and oxygen atoms in total. The lowest BCUT2D eigenvalue weighted by Gasteiger charge is -2.20. The van der Waals surface area contributed by atoms with E-state index in [0.717, 1.165) is 25.5 Å². The first-order valence-electron chi connectivity index (χ1n) is 6.95. The van der Waals surface area contributed by atoms with E-state index in [1.54, 1.807) is 18.2 Å². The van der Waals surface area contributed by atoms with Gasteiger partial charge in [0.05, 0.1) is 12.7 Å². The fourth-order valence-electron chi connectivity index (χ4n) is 2.80. The van der Waals surface area contributed by atoms with Crippen molar-refractivity contribution in [3.05, 3.63) is 59.7 Å². The molecule has 0 aromatic heterocycles. The molecule has 1 atom stereocenters. The maximum absolute atomic E-state index is 14.8. The van der Waals surface area contributed by atoms with Crippen LogP contribution in [0.15, 0.2) is 42.5 Å². The van der Waals surface area contributed by atoms with E-state index in [9.17, 15) is 18.0 Å². The van der Waals surface area contributed by atoms with E-state index in [2.05, 4.69) is 4.74 Å². The molecule has 5 heteroatoms. The highest BCUT2D eigenvalue weighted by Crippen LogP contribution is 2.37. The van der Waals surface area contributed by atoms with Crippen LogP contribution < -0.4 is 0 Å². The van der Waals surface area contributed by atoms with Gasteiger partial charge < -0.3 is 4.74 Å². The highest BCUT2D eigenvalue weighted by atomic mass is 19.2. The zero-order chi connectivity index (χ0) is 16.8. The predicted octanol–water partition coefficient (Wildman–Crippen LogP) is 4.63. The zero-order valence-electron chi connectivity index (χ0n) is 12.5. The fourth-order valence-corrected chi connectivity index (χ4v) is 2.80. The number of carbonyl (C=O) groups is 1. The Morgan fingerprint density at radius 2 is 1.74 bits per heavy atom. The van der Waals surface area contributed by atoms with Gasteiger partial charge in [0.25, 0.3) is 0 Å². The number of fused-ring (bicyclic) bond motifs is 3. The lowest BCUT2D eigenvalue weighted by atomic mass is 9.92. The zero-order valence-corrected chi connectivity index (χ0v) is 12.5. The van der Waals surface area contributed by atoms with E-state index < -0.39 is 28.8 Å². The Morgan fingerprint density at radius 1 is 1.04 bits per heavy atom. The maximum Gasteiger partial charge on any atom is 0.348 e. The van der Waals surface area contributed by atoms with E-state index in [-0.39, 0.29) is 5.39 Å². The van der Waals surface area contributed by atoms with Crippen molar-refractivity contribution in [3.8, 4) is 0 Å². The van der Waals surface area contributed by atoms with Gasteiger partial charge in [0, 0.05) is 5.39 Å². The first-order chi connectivity index (χ1) is 10.9. The molecule has 0 radical (unpaired) electrons. The van der Waals surface area contributed by atoms with Gasteiger partial charge >= 0.3 is 5.97 Å². The summed E-state index contributed by atoms with van der Waals surface area (Å²) in [6, 6.07) is 11.3. The third-order valence-electron chi connectivity index (χ3n) is 3.97. The predicted molar refractivity (Wildman–Crippen MR) is 81.8 cm³/mol. The van der Waals surface area contributed by atoms with Gasteiger partial charge in [0.1, 0.15) is 11.6 Å². The molecular weight excluding hydrogens is 305 g/mol. The fraction of sp³-hybridized carbons (Fsp3) is 0.167. The molecule has 0 heterocycles. The summed E-state index contributed by atoms with van der Waals surface area (Å²) in [5, 5.41) is 1.82. The summed E-state index contributed by atoms with van der Waals surface area (Å²) in [6.07, 6.45) is 0. The van der Waals surface area contributed by atoms with Crippen LogP contribution in [-0.2, 0) is 15.2 Å². The highest BCUT2D eigenvalue weighted by molar-refractivity contribution is 6.08. The number of hydrogen-bond acceptors (Lipinski definition) is 2. The third kappa shape index (κ3) is 2.23. The molecule has 3 aromatic carbocycles. The van der Waals surface area contributed by atoms with Gasteiger partial charge in [0.2, 0.25) is 5.67 Å². The molecule has 0 bridgehead atoms. The number of methoxy groups -OCH3 is 1. The smallest absolute Gasteiger partial charge is 0.348 e. The van der Waals surface area contributed by atoms with Crippen LogP contribution in [0.25, 0.3) is 21.5 Å². The van der Waals surface area contributed by atoms with Crippen molar-refractivity contribution in [2.45, 2.75) is 12.6 Å². The number of esters is 1. The molecule has 0 amide bonds. The summed E-state index contributed by atoms with van der Waals surface area (Å²) >= 11 is 0. The van der Waals surface area contributed by atoms with Crippen LogP contribution in [0.1, 0.15) is 12.5 Å². The molecule has 0 N–H and O–H groups in total. The van der Waals surface area contributed by atoms with Gasteiger partial charge in [-0.3, -0.25) is 0 Å². The summed E-state index contributed by atoms with van der Waals surface area (Å²) in [7, 11) is 0.963. The van der Waals surface area contributed by atoms with Crippen LogP contribution in [0.5, 0.6) is 0 Å². The Morgan fingerprint density at radius 3 is 2.43 bits per heavy atom. The molecule has 0 aliphatic rings. The monoisotopic (exact) mass is 318 g/mol. The Bertz CT molecular complexity index is 932. The van der Waals surface area contributed by atoms with E-state index in [4.69, 9.17) is 0 Å². The van der Waals surface area contributed by atoms with Crippen molar-refractivity contribution in [2.24, 2.45) is 0 Å². The van der Waals surface area contributed by atoms with Crippen molar-refractivity contribution >= 4 is 27.5 Å². The number of hydrogen-bond donors (Lipinski definition) is 0. The van der Waals surface area contributed by atoms with E-state index in [1.807, 2.05) is 12.1 Å². The number of carbonyl (C=O) groups excluding carboxylic acids is 1. The quantitative estimate of drug-likeness (QED) is 0.509. The summed E-state index contributed by atoms with van der Waals surface area (Å²) in [5.74, 6) is -3.57. The minimum Gasteiger partial charge on any atom is -0.466 e. The Balaban J connectivity index is 2.39. The van der Waals surface area contributed by atoms with Crippen LogP contribution in [-0.4, -0.2) is 13.1 Å². The van der Waals surface area contributed by atoms with Crippen LogP contribution >= 0.6 is 0 Å². The number of alkyl halides is 1. The first-order valence-corrected chi connectivity index (χ1v) is 6.95. The van der Waals surface area contributed by atoms with E-state index in [1.165, 1.54) is 6.07 Å². The lowest BCUT2D eigenvalue weighted by molar-refractivity contribution is -0.154. The second-order valence-electron chi connectivity index (χ2n) is 5.42. The first kappa shape index (κ1) is 15.3. The molecular formula is C18H13F3O2. The van der Waals surface area contributed by atoms with Gasteiger partial charge in [-0.05, 0) is 29.1 Å². The summed E-state index contributed by atoms with van der Waals surface area (Å²) in [5.41, 5.74) is -3.85. The van der Waals surface area contributed by atoms with Crippen LogP contribution in [0.3, 0.4) is 0 Å². The molecule has 0 spiro atoms. The molecule has 0 saturated carbocycles. The van der Waals surface area contributed by atoms with E-state index in [0.29, 0.717) is 10.8 Å². The van der Waals surface area contributed by atoms with Gasteiger partial charge in [-0.25, -0.2) is 18.0 Å². The highest BCUT2D eigenvalue weighted by Gasteiger charge is 2.42. The molecule has 0 aliphatic heterocycles. The molecule has 0 saturated heterocycles. The molecule has 3 aromatic rings. The Labute approximate surface area is 130 Å². The minimum atomic E-state index is -2.91. The lowest BCUT2D eigenvalue weighted by Crippen LogP contribution is -2.31. The topological polar surface area (TPSA) is 26.3 Å². The average molecular weight is 318 g/mol. The molecule has 23 heavy (non-hydrogen) atoms. The van der Waals surface area contributed by atoms with Gasteiger partial charge in [-0.15, -0.1) is 0 Å². The molecule has 0 aliphatic carbocycles. The van der Waals surface area contributed by atoms with Crippen molar-refractivity contribution in [2.75, 3.05) is 7.11 Å². The number of ether oxygens (including phenoxy) is 1. The maximum atomic E-state index is 14.8. The number of rotatable bonds is 2. The average Bonchev–Trinajstić information content (AvgIpc) is 2.53. The molecule has 118 valence electrons. The van der Waals surface area contributed by atoms with Gasteiger partial charge in [0.15, 0.2) is 0 Å². The Hall–Kier alpha value is -2.56. The summed E-state index contributed by atoms with van der Waals surface area (Å²) in [4.78, 5) is 11.6. The van der Waals surface area contributed by atoms with Crippen LogP contribution in [0.2, 0.25) is 0 Å². The van der Waals surface area contributed by atoms with Gasteiger partial charge in [-0.1, -0.05) is 36.4 Å². The van der Waals surface area contributed by atoms with Crippen molar-refractivity contribution < 1.29 is 22.7 Å². The SMILES string of the molecule is COC(=O)C(C)(F)c1c(F)cc2c(ccc3ccccc32)c1F. The summed E-state index contributed by atoms with van der Waals surface area (Å²) in [6.45, 7) is 0.785. The van der Waals surface area contributed by atoms with Crippen molar-refractivity contribution in [1.29, 1.82) is 0 Å². The van der Waals surface area contributed by atoms with Crippen LogP contribution in [0, 0.1) is 11.6 Å². The second kappa shape index (κ2) is 5.26. The standard InChI is InChI=1S/C18H13F3O2/c1-18(21,17(22)23-2)15-14(19)9-13-11-6-4-3-5-10(11)7-8-12(13)16(15)20/h3-9H,1-2H3. The Kier molecular flexibility index (Phi) is 3.51. The third-order valence-corrected chi connectivity index (χ3v) is 3.97. The molecule has 0 fully saturated rings. The van der Waals surface area contributed by atoms with Crippen molar-refractivity contribution in [3.63, 3.8) is 0 Å². The minimum absolute atomic E-state index is 0.0490. The second-order valence-corrected chi connectivity index (χ2v) is 5.42. The van der Waals surface area contributed by atoms with Gasteiger partial charge in [-0.2, -0.15) is 0 Å². The van der Waals surface area contributed by atoms with Crippen LogP contribution in [0.4, 0.5) is 13.2 Å². The number of benzene rings is 3. The van der Waals surface area contributed by atoms with Crippen molar-refractivity contribution in [1.82, 2.24) is 0 Å².